The average molecular weight is 434 g/mol. The van der Waals surface area contributed by atoms with Gasteiger partial charge in [0.1, 0.15) is 25.6 Å². The maximum absolute atomic E-state index is 13.1. The zero-order chi connectivity index (χ0) is 21.1. The van der Waals surface area contributed by atoms with Crippen LogP contribution in [0.4, 0.5) is 4.39 Å². The van der Waals surface area contributed by atoms with Gasteiger partial charge in [-0.1, -0.05) is 11.6 Å². The molecule has 1 unspecified atom stereocenters. The third kappa shape index (κ3) is 4.51. The molecule has 2 heterocycles. The first-order chi connectivity index (χ1) is 14.5. The Kier molecular flexibility index (Phi) is 6.08. The van der Waals surface area contributed by atoms with Crippen LogP contribution in [-0.2, 0) is 16.1 Å². The molecule has 6 nitrogen and oxygen atoms in total. The Labute approximate surface area is 178 Å². The second-order valence-corrected chi connectivity index (χ2v) is 7.71. The standard InChI is InChI=1S/C22H21ClFNO5/c23-18-10-14(11-19-20(18)29-9-8-28-19)13-30-22(27)16-2-1-7-25(12-16)21(26)15-3-5-17(24)6-4-15/h3-6,10-11,16H,1-2,7-9,12-13H2. The SMILES string of the molecule is O=C(OCc1cc(Cl)c2c(c1)OCCO2)C1CCCN(C(=O)c2ccc(F)cc2)C1. The van der Waals surface area contributed by atoms with Crippen LogP contribution in [0.5, 0.6) is 11.5 Å². The van der Waals surface area contributed by atoms with Crippen molar-refractivity contribution in [3.63, 3.8) is 0 Å². The molecule has 1 saturated heterocycles. The monoisotopic (exact) mass is 433 g/mol. The van der Waals surface area contributed by atoms with Gasteiger partial charge >= 0.3 is 5.97 Å². The molecular weight excluding hydrogens is 413 g/mol. The molecule has 2 aromatic carbocycles. The van der Waals surface area contributed by atoms with Crippen LogP contribution >= 0.6 is 11.6 Å². The number of halogens is 2. The molecule has 1 fully saturated rings. The van der Waals surface area contributed by atoms with Gasteiger partial charge in [0.2, 0.25) is 0 Å². The lowest BCUT2D eigenvalue weighted by molar-refractivity contribution is -0.151. The van der Waals surface area contributed by atoms with Crippen molar-refractivity contribution in [1.82, 2.24) is 4.90 Å². The van der Waals surface area contributed by atoms with Gasteiger partial charge in [-0.05, 0) is 54.8 Å². The topological polar surface area (TPSA) is 65.1 Å². The van der Waals surface area contributed by atoms with Crippen LogP contribution in [-0.4, -0.2) is 43.1 Å². The number of hydrogen-bond donors (Lipinski definition) is 0. The van der Waals surface area contributed by atoms with Gasteiger partial charge in [-0.25, -0.2) is 4.39 Å². The number of esters is 1. The van der Waals surface area contributed by atoms with E-state index >= 15 is 0 Å². The molecule has 4 rings (SSSR count). The van der Waals surface area contributed by atoms with E-state index in [0.29, 0.717) is 60.2 Å². The van der Waals surface area contributed by atoms with Crippen LogP contribution in [0, 0.1) is 11.7 Å². The first-order valence-electron chi connectivity index (χ1n) is 9.81. The molecule has 0 radical (unpaired) electrons. The number of rotatable bonds is 4. The molecule has 2 aromatic rings. The fourth-order valence-electron chi connectivity index (χ4n) is 3.65. The van der Waals surface area contributed by atoms with Gasteiger partial charge in [-0.2, -0.15) is 0 Å². The summed E-state index contributed by atoms with van der Waals surface area (Å²) in [6, 6.07) is 8.84. The van der Waals surface area contributed by atoms with Crippen LogP contribution in [0.15, 0.2) is 36.4 Å². The zero-order valence-corrected chi connectivity index (χ0v) is 17.0. The van der Waals surface area contributed by atoms with Gasteiger partial charge in [0.15, 0.2) is 11.5 Å². The Morgan fingerprint density at radius 3 is 2.73 bits per heavy atom. The summed E-state index contributed by atoms with van der Waals surface area (Å²) in [5.74, 6) is -0.348. The minimum atomic E-state index is -0.407. The van der Waals surface area contributed by atoms with Crippen molar-refractivity contribution < 1.29 is 28.2 Å². The van der Waals surface area contributed by atoms with E-state index in [4.69, 9.17) is 25.8 Å². The molecule has 0 aliphatic carbocycles. The molecule has 0 spiro atoms. The lowest BCUT2D eigenvalue weighted by Crippen LogP contribution is -2.42. The largest absolute Gasteiger partial charge is 0.486 e. The highest BCUT2D eigenvalue weighted by Gasteiger charge is 2.30. The summed E-state index contributed by atoms with van der Waals surface area (Å²) in [5, 5.41) is 0.409. The van der Waals surface area contributed by atoms with E-state index in [2.05, 4.69) is 0 Å². The number of ether oxygens (including phenoxy) is 3. The summed E-state index contributed by atoms with van der Waals surface area (Å²) >= 11 is 6.22. The third-order valence-corrected chi connectivity index (χ3v) is 5.45. The summed E-state index contributed by atoms with van der Waals surface area (Å²) in [6.07, 6.45) is 1.34. The lowest BCUT2D eigenvalue weighted by atomic mass is 9.97. The predicted molar refractivity (Wildman–Crippen MR) is 107 cm³/mol. The molecule has 0 bridgehead atoms. The Balaban J connectivity index is 1.36. The second-order valence-electron chi connectivity index (χ2n) is 7.31. The van der Waals surface area contributed by atoms with Crippen molar-refractivity contribution in [2.45, 2.75) is 19.4 Å². The van der Waals surface area contributed by atoms with Crippen molar-refractivity contribution in [2.75, 3.05) is 26.3 Å². The highest BCUT2D eigenvalue weighted by Crippen LogP contribution is 2.38. The maximum Gasteiger partial charge on any atom is 0.311 e. The molecule has 158 valence electrons. The fourth-order valence-corrected chi connectivity index (χ4v) is 3.94. The van der Waals surface area contributed by atoms with Gasteiger partial charge in [-0.15, -0.1) is 0 Å². The first kappa shape index (κ1) is 20.5. The summed E-state index contributed by atoms with van der Waals surface area (Å²) in [6.45, 7) is 1.76. The van der Waals surface area contributed by atoms with Gasteiger partial charge in [0.25, 0.3) is 5.91 Å². The van der Waals surface area contributed by atoms with E-state index in [1.807, 2.05) is 0 Å². The van der Waals surface area contributed by atoms with Crippen molar-refractivity contribution >= 4 is 23.5 Å². The van der Waals surface area contributed by atoms with E-state index in [1.54, 1.807) is 17.0 Å². The Hall–Kier alpha value is -2.80. The molecule has 1 atom stereocenters. The number of fused-ring (bicyclic) bond motifs is 1. The molecule has 0 saturated carbocycles. The molecule has 8 heteroatoms. The Bertz CT molecular complexity index is 949. The van der Waals surface area contributed by atoms with Crippen LogP contribution in [0.1, 0.15) is 28.8 Å². The normalized spacial score (nSPS) is 18.1. The minimum absolute atomic E-state index is 0.0532. The van der Waals surface area contributed by atoms with Crippen LogP contribution < -0.4 is 9.47 Å². The maximum atomic E-state index is 13.1. The zero-order valence-electron chi connectivity index (χ0n) is 16.2. The summed E-state index contributed by atoms with van der Waals surface area (Å²) in [5.41, 5.74) is 1.10. The molecule has 2 aliphatic heterocycles. The second kappa shape index (κ2) is 8.92. The lowest BCUT2D eigenvalue weighted by Gasteiger charge is -2.31. The van der Waals surface area contributed by atoms with Crippen molar-refractivity contribution in [2.24, 2.45) is 5.92 Å². The Morgan fingerprint density at radius 1 is 1.17 bits per heavy atom. The van der Waals surface area contributed by atoms with Crippen LogP contribution in [0.3, 0.4) is 0 Å². The minimum Gasteiger partial charge on any atom is -0.486 e. The van der Waals surface area contributed by atoms with Crippen LogP contribution in [0.2, 0.25) is 5.02 Å². The van der Waals surface area contributed by atoms with E-state index in [-0.39, 0.29) is 25.0 Å². The first-order valence-corrected chi connectivity index (χ1v) is 10.2. The summed E-state index contributed by atoms with van der Waals surface area (Å²) < 4.78 is 29.6. The van der Waals surface area contributed by atoms with E-state index in [1.165, 1.54) is 24.3 Å². The molecule has 0 N–H and O–H groups in total. The van der Waals surface area contributed by atoms with Gasteiger partial charge in [-0.3, -0.25) is 9.59 Å². The van der Waals surface area contributed by atoms with E-state index in [0.717, 1.165) is 0 Å². The molecular formula is C22H21ClFNO5. The average Bonchev–Trinajstić information content (AvgIpc) is 2.77. The van der Waals surface area contributed by atoms with Gasteiger partial charge in [0, 0.05) is 18.7 Å². The van der Waals surface area contributed by atoms with Gasteiger partial charge in [0.05, 0.1) is 10.9 Å². The number of carbonyl (C=O) groups is 2. The smallest absolute Gasteiger partial charge is 0.311 e. The number of carbonyl (C=O) groups excluding carboxylic acids is 2. The van der Waals surface area contributed by atoms with Crippen molar-refractivity contribution in [3.8, 4) is 11.5 Å². The quantitative estimate of drug-likeness (QED) is 0.685. The van der Waals surface area contributed by atoms with E-state index in [9.17, 15) is 14.0 Å². The van der Waals surface area contributed by atoms with Crippen molar-refractivity contribution in [3.05, 3.63) is 58.4 Å². The molecule has 0 aromatic heterocycles. The molecule has 30 heavy (non-hydrogen) atoms. The van der Waals surface area contributed by atoms with E-state index < -0.39 is 11.7 Å². The summed E-state index contributed by atoms with van der Waals surface area (Å²) in [7, 11) is 0. The van der Waals surface area contributed by atoms with Gasteiger partial charge < -0.3 is 19.1 Å². The number of benzene rings is 2. The fraction of sp³-hybridized carbons (Fsp3) is 0.364. The number of hydrogen-bond acceptors (Lipinski definition) is 5. The highest BCUT2D eigenvalue weighted by atomic mass is 35.5. The number of likely N-dealkylation sites (tertiary alicyclic amines) is 1. The Morgan fingerprint density at radius 2 is 1.93 bits per heavy atom. The number of amides is 1. The van der Waals surface area contributed by atoms with Crippen LogP contribution in [0.25, 0.3) is 0 Å². The van der Waals surface area contributed by atoms with Crippen molar-refractivity contribution in [1.29, 1.82) is 0 Å². The number of nitrogens with zero attached hydrogens (tertiary/aromatic N) is 1. The highest BCUT2D eigenvalue weighted by molar-refractivity contribution is 6.32. The molecule has 2 aliphatic rings. The number of piperidine rings is 1. The summed E-state index contributed by atoms with van der Waals surface area (Å²) in [4.78, 5) is 26.9. The third-order valence-electron chi connectivity index (χ3n) is 5.17. The predicted octanol–water partition coefficient (Wildman–Crippen LogP) is 3.85. The molecule has 1 amide bonds.